The van der Waals surface area contributed by atoms with E-state index in [-0.39, 0.29) is 6.54 Å². The molecule has 0 unspecified atom stereocenters. The third-order valence-electron chi connectivity index (χ3n) is 4.59. The quantitative estimate of drug-likeness (QED) is 0.689. The van der Waals surface area contributed by atoms with Gasteiger partial charge < -0.3 is 5.32 Å². The zero-order valence-corrected chi connectivity index (χ0v) is 16.2. The van der Waals surface area contributed by atoms with Gasteiger partial charge in [-0.25, -0.2) is 4.98 Å². The molecule has 0 spiro atoms. The number of hydrogen-bond acceptors (Lipinski definition) is 5. The van der Waals surface area contributed by atoms with Crippen molar-refractivity contribution in [3.8, 4) is 11.3 Å². The average Bonchev–Trinajstić information content (AvgIpc) is 3.21. The Kier molecular flexibility index (Phi) is 4.52. The van der Waals surface area contributed by atoms with Gasteiger partial charge in [0.1, 0.15) is 6.54 Å². The molecule has 0 bridgehead atoms. The van der Waals surface area contributed by atoms with Crippen LogP contribution in [0.2, 0.25) is 0 Å². The number of amides is 3. The fraction of sp³-hybridized carbons (Fsp3) is 0.143. The standard InChI is InChI=1S/C21H17N3O3S/c1-12-7-8-14(13(2)9-12)17-11-28-21(22-17)23-18(25)10-24-19(26)15-5-3-4-6-16(15)20(24)27/h3-9,11H,10H2,1-2H3,(H,22,23,25). The summed E-state index contributed by atoms with van der Waals surface area (Å²) in [6.07, 6.45) is 0. The Labute approximate surface area is 165 Å². The first-order valence-electron chi connectivity index (χ1n) is 8.72. The lowest BCUT2D eigenvalue weighted by molar-refractivity contribution is -0.116. The Balaban J connectivity index is 1.46. The number of thiazole rings is 1. The number of benzene rings is 2. The van der Waals surface area contributed by atoms with E-state index in [9.17, 15) is 14.4 Å². The van der Waals surface area contributed by atoms with Crippen LogP contribution in [-0.4, -0.2) is 34.2 Å². The Morgan fingerprint density at radius 1 is 1.04 bits per heavy atom. The van der Waals surface area contributed by atoms with Gasteiger partial charge in [-0.2, -0.15) is 0 Å². The zero-order chi connectivity index (χ0) is 19.8. The second-order valence-electron chi connectivity index (χ2n) is 6.65. The smallest absolute Gasteiger partial charge is 0.262 e. The highest BCUT2D eigenvalue weighted by Crippen LogP contribution is 2.28. The van der Waals surface area contributed by atoms with Crippen LogP contribution in [0.25, 0.3) is 11.3 Å². The molecule has 6 nitrogen and oxygen atoms in total. The molecule has 7 heteroatoms. The number of anilines is 1. The predicted molar refractivity (Wildman–Crippen MR) is 107 cm³/mol. The minimum atomic E-state index is -0.462. The van der Waals surface area contributed by atoms with Gasteiger partial charge in [-0.15, -0.1) is 11.3 Å². The van der Waals surface area contributed by atoms with Crippen LogP contribution in [-0.2, 0) is 4.79 Å². The van der Waals surface area contributed by atoms with Gasteiger partial charge in [0.05, 0.1) is 16.8 Å². The van der Waals surface area contributed by atoms with E-state index < -0.39 is 17.7 Å². The van der Waals surface area contributed by atoms with E-state index in [2.05, 4.69) is 16.4 Å². The SMILES string of the molecule is Cc1ccc(-c2csc(NC(=O)CN3C(=O)c4ccccc4C3=O)n2)c(C)c1. The van der Waals surface area contributed by atoms with Gasteiger partial charge in [-0.3, -0.25) is 19.3 Å². The topological polar surface area (TPSA) is 79.4 Å². The molecule has 3 amide bonds. The minimum absolute atomic E-state index is 0.326. The van der Waals surface area contributed by atoms with Crippen LogP contribution in [0.1, 0.15) is 31.8 Å². The Morgan fingerprint density at radius 3 is 2.36 bits per heavy atom. The first-order chi connectivity index (χ1) is 13.4. The molecule has 1 aromatic heterocycles. The van der Waals surface area contributed by atoms with Crippen LogP contribution in [0, 0.1) is 13.8 Å². The number of rotatable bonds is 4. The maximum absolute atomic E-state index is 12.4. The zero-order valence-electron chi connectivity index (χ0n) is 15.4. The predicted octanol–water partition coefficient (Wildman–Crippen LogP) is 3.66. The number of hydrogen-bond donors (Lipinski definition) is 1. The van der Waals surface area contributed by atoms with Gasteiger partial charge in [-0.05, 0) is 31.5 Å². The van der Waals surface area contributed by atoms with Crippen molar-refractivity contribution < 1.29 is 14.4 Å². The number of carbonyl (C=O) groups excluding carboxylic acids is 3. The second-order valence-corrected chi connectivity index (χ2v) is 7.50. The molecular weight excluding hydrogens is 374 g/mol. The molecule has 2 aromatic carbocycles. The summed E-state index contributed by atoms with van der Waals surface area (Å²) in [6.45, 7) is 3.70. The van der Waals surface area contributed by atoms with Crippen molar-refractivity contribution in [2.75, 3.05) is 11.9 Å². The number of aryl methyl sites for hydroxylation is 2. The molecule has 0 saturated carbocycles. The summed E-state index contributed by atoms with van der Waals surface area (Å²) in [5, 5.41) is 4.98. The van der Waals surface area contributed by atoms with Crippen molar-refractivity contribution in [1.29, 1.82) is 0 Å². The summed E-state index contributed by atoms with van der Waals surface area (Å²) in [5.41, 5.74) is 4.71. The number of nitrogens with zero attached hydrogens (tertiary/aromatic N) is 2. The van der Waals surface area contributed by atoms with Gasteiger partial charge in [0.2, 0.25) is 5.91 Å². The molecule has 1 N–H and O–H groups in total. The number of aromatic nitrogens is 1. The van der Waals surface area contributed by atoms with Gasteiger partial charge >= 0.3 is 0 Å². The molecule has 4 rings (SSSR count). The number of carbonyl (C=O) groups is 3. The van der Waals surface area contributed by atoms with E-state index in [0.717, 1.165) is 21.7 Å². The third-order valence-corrected chi connectivity index (χ3v) is 5.35. The second kappa shape index (κ2) is 7.01. The Hall–Kier alpha value is -3.32. The molecule has 0 fully saturated rings. The van der Waals surface area contributed by atoms with Crippen LogP contribution in [0.5, 0.6) is 0 Å². The van der Waals surface area contributed by atoms with Crippen molar-refractivity contribution in [1.82, 2.24) is 9.88 Å². The number of imide groups is 1. The fourth-order valence-corrected chi connectivity index (χ4v) is 3.97. The summed E-state index contributed by atoms with van der Waals surface area (Å²) in [5.74, 6) is -1.37. The molecule has 0 radical (unpaired) electrons. The van der Waals surface area contributed by atoms with Crippen LogP contribution in [0.15, 0.2) is 47.8 Å². The summed E-state index contributed by atoms with van der Waals surface area (Å²) < 4.78 is 0. The monoisotopic (exact) mass is 391 g/mol. The summed E-state index contributed by atoms with van der Waals surface area (Å²) in [6, 6.07) is 12.7. The van der Waals surface area contributed by atoms with Crippen LogP contribution < -0.4 is 5.32 Å². The van der Waals surface area contributed by atoms with E-state index in [1.165, 1.54) is 16.9 Å². The largest absolute Gasteiger partial charge is 0.300 e. The number of nitrogens with one attached hydrogen (secondary N) is 1. The van der Waals surface area contributed by atoms with Gasteiger partial charge in [0.25, 0.3) is 11.8 Å². The van der Waals surface area contributed by atoms with E-state index in [0.29, 0.717) is 16.3 Å². The highest BCUT2D eigenvalue weighted by Gasteiger charge is 2.36. The van der Waals surface area contributed by atoms with Gasteiger partial charge in [-0.1, -0.05) is 35.9 Å². The third kappa shape index (κ3) is 3.20. The van der Waals surface area contributed by atoms with Gasteiger partial charge in [0, 0.05) is 10.9 Å². The molecule has 28 heavy (non-hydrogen) atoms. The van der Waals surface area contributed by atoms with E-state index in [1.54, 1.807) is 24.3 Å². The molecule has 0 aliphatic carbocycles. The molecule has 0 saturated heterocycles. The highest BCUT2D eigenvalue weighted by molar-refractivity contribution is 7.14. The molecule has 140 valence electrons. The molecule has 2 heterocycles. The van der Waals surface area contributed by atoms with E-state index >= 15 is 0 Å². The molecule has 3 aromatic rings. The molecule has 1 aliphatic heterocycles. The fourth-order valence-electron chi connectivity index (χ4n) is 3.24. The lowest BCUT2D eigenvalue weighted by atomic mass is 10.0. The normalized spacial score (nSPS) is 13.0. The first kappa shape index (κ1) is 18.1. The lowest BCUT2D eigenvalue weighted by Crippen LogP contribution is -2.37. The highest BCUT2D eigenvalue weighted by atomic mass is 32.1. The van der Waals surface area contributed by atoms with Crippen molar-refractivity contribution in [3.05, 3.63) is 70.1 Å². The maximum Gasteiger partial charge on any atom is 0.262 e. The van der Waals surface area contributed by atoms with Crippen molar-refractivity contribution in [3.63, 3.8) is 0 Å². The van der Waals surface area contributed by atoms with Gasteiger partial charge in [0.15, 0.2) is 5.13 Å². The van der Waals surface area contributed by atoms with Crippen LogP contribution >= 0.6 is 11.3 Å². The summed E-state index contributed by atoms with van der Waals surface area (Å²) >= 11 is 1.30. The average molecular weight is 391 g/mol. The van der Waals surface area contributed by atoms with E-state index in [1.807, 2.05) is 31.4 Å². The molecular formula is C21H17N3O3S. The van der Waals surface area contributed by atoms with Crippen molar-refractivity contribution in [2.45, 2.75) is 13.8 Å². The van der Waals surface area contributed by atoms with Crippen molar-refractivity contribution >= 4 is 34.2 Å². The lowest BCUT2D eigenvalue weighted by Gasteiger charge is -2.12. The molecule has 1 aliphatic rings. The maximum atomic E-state index is 12.4. The number of fused-ring (bicyclic) bond motifs is 1. The van der Waals surface area contributed by atoms with Crippen molar-refractivity contribution in [2.24, 2.45) is 0 Å². The first-order valence-corrected chi connectivity index (χ1v) is 9.60. The summed E-state index contributed by atoms with van der Waals surface area (Å²) in [7, 11) is 0. The Morgan fingerprint density at radius 2 is 1.71 bits per heavy atom. The van der Waals surface area contributed by atoms with Crippen LogP contribution in [0.4, 0.5) is 5.13 Å². The van der Waals surface area contributed by atoms with E-state index in [4.69, 9.17) is 0 Å². The Bertz CT molecular complexity index is 1080. The molecule has 0 atom stereocenters. The minimum Gasteiger partial charge on any atom is -0.300 e. The van der Waals surface area contributed by atoms with Crippen LogP contribution in [0.3, 0.4) is 0 Å². The summed E-state index contributed by atoms with van der Waals surface area (Å²) in [4.78, 5) is 42.5.